The highest BCUT2D eigenvalue weighted by atomic mass is 16.2. The zero-order valence-corrected chi connectivity index (χ0v) is 15.1. The molecule has 1 heterocycles. The van der Waals surface area contributed by atoms with Crippen LogP contribution >= 0.6 is 0 Å². The van der Waals surface area contributed by atoms with Gasteiger partial charge in [-0.05, 0) is 24.1 Å². The van der Waals surface area contributed by atoms with Crippen LogP contribution in [0.4, 0.5) is 0 Å². The number of nitrogens with zero attached hydrogens (tertiary/aromatic N) is 1. The van der Waals surface area contributed by atoms with E-state index in [0.717, 1.165) is 16.7 Å². The SMILES string of the molecule is Cc1cccc(CNC(=O)c2cncc(C(=O)NCc3ccccc3)c2)c1. The molecule has 27 heavy (non-hydrogen) atoms. The summed E-state index contributed by atoms with van der Waals surface area (Å²) in [7, 11) is 0. The predicted octanol–water partition coefficient (Wildman–Crippen LogP) is 3.25. The molecule has 2 aromatic carbocycles. The van der Waals surface area contributed by atoms with Crippen molar-refractivity contribution in [3.8, 4) is 0 Å². The first kappa shape index (κ1) is 18.3. The van der Waals surface area contributed by atoms with Crippen LogP contribution in [0.15, 0.2) is 73.1 Å². The van der Waals surface area contributed by atoms with Gasteiger partial charge in [0.1, 0.15) is 0 Å². The van der Waals surface area contributed by atoms with Crippen molar-refractivity contribution >= 4 is 11.8 Å². The van der Waals surface area contributed by atoms with Crippen molar-refractivity contribution in [3.05, 3.63) is 101 Å². The molecular weight excluding hydrogens is 338 g/mol. The molecule has 0 saturated heterocycles. The molecule has 136 valence electrons. The van der Waals surface area contributed by atoms with Gasteiger partial charge in [-0.3, -0.25) is 14.6 Å². The van der Waals surface area contributed by atoms with Crippen LogP contribution in [-0.2, 0) is 13.1 Å². The number of aryl methyl sites for hydroxylation is 1. The molecule has 0 aliphatic carbocycles. The summed E-state index contributed by atoms with van der Waals surface area (Å²) in [6, 6.07) is 19.1. The first-order valence-corrected chi connectivity index (χ1v) is 8.73. The number of nitrogens with one attached hydrogen (secondary N) is 2. The minimum absolute atomic E-state index is 0.262. The van der Waals surface area contributed by atoms with E-state index >= 15 is 0 Å². The fourth-order valence-electron chi connectivity index (χ4n) is 2.68. The maximum atomic E-state index is 12.4. The predicted molar refractivity (Wildman–Crippen MR) is 104 cm³/mol. The molecule has 0 radical (unpaired) electrons. The fourth-order valence-corrected chi connectivity index (χ4v) is 2.68. The van der Waals surface area contributed by atoms with Crippen molar-refractivity contribution in [2.75, 3.05) is 0 Å². The Morgan fingerprint density at radius 1 is 0.778 bits per heavy atom. The van der Waals surface area contributed by atoms with Gasteiger partial charge in [-0.1, -0.05) is 60.2 Å². The molecule has 2 N–H and O–H groups in total. The van der Waals surface area contributed by atoms with Gasteiger partial charge >= 0.3 is 0 Å². The van der Waals surface area contributed by atoms with E-state index in [9.17, 15) is 9.59 Å². The summed E-state index contributed by atoms with van der Waals surface area (Å²) in [5.74, 6) is -0.526. The normalized spacial score (nSPS) is 10.3. The molecule has 3 aromatic rings. The van der Waals surface area contributed by atoms with E-state index in [-0.39, 0.29) is 11.8 Å². The fraction of sp³-hybridized carbons (Fsp3) is 0.136. The maximum absolute atomic E-state index is 12.4. The Morgan fingerprint density at radius 2 is 1.37 bits per heavy atom. The summed E-state index contributed by atoms with van der Waals surface area (Å²) >= 11 is 0. The van der Waals surface area contributed by atoms with Crippen molar-refractivity contribution < 1.29 is 9.59 Å². The summed E-state index contributed by atoms with van der Waals surface area (Å²) in [6.45, 7) is 2.85. The third-order valence-corrected chi connectivity index (χ3v) is 4.09. The van der Waals surface area contributed by atoms with Crippen molar-refractivity contribution in [1.29, 1.82) is 0 Å². The van der Waals surface area contributed by atoms with E-state index in [2.05, 4.69) is 15.6 Å². The van der Waals surface area contributed by atoms with E-state index in [1.54, 1.807) is 6.07 Å². The van der Waals surface area contributed by atoms with E-state index in [4.69, 9.17) is 0 Å². The van der Waals surface area contributed by atoms with Crippen LogP contribution in [0.2, 0.25) is 0 Å². The molecule has 0 bridgehead atoms. The zero-order chi connectivity index (χ0) is 19.1. The topological polar surface area (TPSA) is 71.1 Å². The summed E-state index contributed by atoms with van der Waals surface area (Å²) in [5, 5.41) is 5.69. The van der Waals surface area contributed by atoms with E-state index in [1.165, 1.54) is 12.4 Å². The third kappa shape index (κ3) is 5.25. The second kappa shape index (κ2) is 8.76. The standard InChI is InChI=1S/C22H21N3O2/c1-16-6-5-9-18(10-16)13-25-22(27)20-11-19(14-23-15-20)21(26)24-12-17-7-3-2-4-8-17/h2-11,14-15H,12-13H2,1H3,(H,24,26)(H,25,27). The van der Waals surface area contributed by atoms with Gasteiger partial charge in [0.05, 0.1) is 11.1 Å². The van der Waals surface area contributed by atoms with Gasteiger partial charge in [-0.25, -0.2) is 0 Å². The van der Waals surface area contributed by atoms with Crippen LogP contribution in [-0.4, -0.2) is 16.8 Å². The second-order valence-electron chi connectivity index (χ2n) is 6.30. The number of amides is 2. The average molecular weight is 359 g/mol. The van der Waals surface area contributed by atoms with Crippen LogP contribution in [0.3, 0.4) is 0 Å². The van der Waals surface area contributed by atoms with Crippen molar-refractivity contribution in [3.63, 3.8) is 0 Å². The van der Waals surface area contributed by atoms with Crippen LogP contribution in [0.25, 0.3) is 0 Å². The van der Waals surface area contributed by atoms with Gasteiger partial charge in [0, 0.05) is 25.5 Å². The lowest BCUT2D eigenvalue weighted by Gasteiger charge is -2.08. The van der Waals surface area contributed by atoms with Crippen LogP contribution in [0, 0.1) is 6.92 Å². The van der Waals surface area contributed by atoms with Gasteiger partial charge in [-0.2, -0.15) is 0 Å². The number of hydrogen-bond donors (Lipinski definition) is 2. The highest BCUT2D eigenvalue weighted by Crippen LogP contribution is 2.07. The third-order valence-electron chi connectivity index (χ3n) is 4.09. The highest BCUT2D eigenvalue weighted by molar-refractivity contribution is 5.99. The molecule has 0 saturated carbocycles. The second-order valence-corrected chi connectivity index (χ2v) is 6.30. The summed E-state index contributed by atoms with van der Waals surface area (Å²) in [4.78, 5) is 28.7. The molecule has 2 amide bonds. The smallest absolute Gasteiger partial charge is 0.253 e. The lowest BCUT2D eigenvalue weighted by molar-refractivity contribution is 0.0950. The van der Waals surface area contributed by atoms with E-state index in [1.807, 2.05) is 61.5 Å². The Kier molecular flexibility index (Phi) is 5.94. The molecule has 0 atom stereocenters. The first-order chi connectivity index (χ1) is 13.1. The number of hydrogen-bond acceptors (Lipinski definition) is 3. The number of benzene rings is 2. The van der Waals surface area contributed by atoms with Gasteiger partial charge in [0.2, 0.25) is 0 Å². The lowest BCUT2D eigenvalue weighted by Crippen LogP contribution is -2.25. The minimum Gasteiger partial charge on any atom is -0.348 e. The monoisotopic (exact) mass is 359 g/mol. The summed E-state index contributed by atoms with van der Waals surface area (Å²) in [6.07, 6.45) is 2.91. The Bertz CT molecular complexity index is 939. The van der Waals surface area contributed by atoms with Crippen molar-refractivity contribution in [1.82, 2.24) is 15.6 Å². The van der Waals surface area contributed by atoms with Crippen LogP contribution in [0.5, 0.6) is 0 Å². The quantitative estimate of drug-likeness (QED) is 0.710. The number of rotatable bonds is 6. The zero-order valence-electron chi connectivity index (χ0n) is 15.1. The van der Waals surface area contributed by atoms with Crippen LogP contribution in [0.1, 0.15) is 37.4 Å². The molecule has 0 fully saturated rings. The molecule has 0 unspecified atom stereocenters. The molecular formula is C22H21N3O2. The van der Waals surface area contributed by atoms with Crippen molar-refractivity contribution in [2.24, 2.45) is 0 Å². The number of aromatic nitrogens is 1. The summed E-state index contributed by atoms with van der Waals surface area (Å²) in [5.41, 5.74) is 3.88. The molecule has 0 spiro atoms. The largest absolute Gasteiger partial charge is 0.348 e. The Morgan fingerprint density at radius 3 is 2.00 bits per heavy atom. The van der Waals surface area contributed by atoms with Gasteiger partial charge in [0.15, 0.2) is 0 Å². The lowest BCUT2D eigenvalue weighted by atomic mass is 10.1. The molecule has 0 aliphatic heterocycles. The molecule has 5 heteroatoms. The van der Waals surface area contributed by atoms with Gasteiger partial charge in [-0.15, -0.1) is 0 Å². The van der Waals surface area contributed by atoms with Crippen molar-refractivity contribution in [2.45, 2.75) is 20.0 Å². The molecule has 5 nitrogen and oxygen atoms in total. The molecule has 0 aliphatic rings. The Balaban J connectivity index is 1.60. The highest BCUT2D eigenvalue weighted by Gasteiger charge is 2.11. The number of carbonyl (C=O) groups excluding carboxylic acids is 2. The van der Waals surface area contributed by atoms with E-state index in [0.29, 0.717) is 24.2 Å². The average Bonchev–Trinajstić information content (AvgIpc) is 2.71. The molecule has 1 aromatic heterocycles. The number of pyridine rings is 1. The summed E-state index contributed by atoms with van der Waals surface area (Å²) < 4.78 is 0. The Hall–Kier alpha value is -3.47. The maximum Gasteiger partial charge on any atom is 0.253 e. The van der Waals surface area contributed by atoms with Gasteiger partial charge < -0.3 is 10.6 Å². The van der Waals surface area contributed by atoms with Crippen LogP contribution < -0.4 is 10.6 Å². The van der Waals surface area contributed by atoms with Gasteiger partial charge in [0.25, 0.3) is 11.8 Å². The molecule has 3 rings (SSSR count). The first-order valence-electron chi connectivity index (χ1n) is 8.73. The Labute approximate surface area is 158 Å². The number of carbonyl (C=O) groups is 2. The van der Waals surface area contributed by atoms with E-state index < -0.39 is 0 Å². The minimum atomic E-state index is -0.264.